The Morgan fingerprint density at radius 2 is 1.75 bits per heavy atom. The molecule has 11 nitrogen and oxygen atoms in total. The standard InChI is InChI=1S/C33H46N4O7/c1-7-20(2)26(37(18-17-22-14-9-8-10-15-22)32(40)36-23-16-12-11-13-21(23)3)30(39)35-24(19-25(34)38)27-28(41-6)29-31(42-27)44-33(4,5)43-29/h8-16,20,24,26-29,31H,7,17-19H2,1-6H3,(H2,34,38)(H,35,39)(H,36,40)/t20-,24+,26+,27+,28-,29+,31+/m1/s1. The first kappa shape index (κ1) is 33.4. The third kappa shape index (κ3) is 7.95. The predicted molar refractivity (Wildman–Crippen MR) is 166 cm³/mol. The topological polar surface area (TPSA) is 141 Å². The van der Waals surface area contributed by atoms with E-state index in [1.807, 2.05) is 75.4 Å². The molecule has 2 aromatic rings. The van der Waals surface area contributed by atoms with Crippen molar-refractivity contribution in [1.82, 2.24) is 10.2 Å². The van der Waals surface area contributed by atoms with E-state index in [0.717, 1.165) is 11.1 Å². The Morgan fingerprint density at radius 3 is 2.39 bits per heavy atom. The maximum atomic E-state index is 14.3. The molecule has 0 saturated carbocycles. The fourth-order valence-corrected chi connectivity index (χ4v) is 5.92. The number of fused-ring (bicyclic) bond motifs is 1. The number of urea groups is 1. The van der Waals surface area contributed by atoms with Gasteiger partial charge >= 0.3 is 6.03 Å². The fraction of sp³-hybridized carbons (Fsp3) is 0.545. The number of carbonyl (C=O) groups excluding carboxylic acids is 3. The molecule has 0 spiro atoms. The molecule has 0 unspecified atom stereocenters. The van der Waals surface area contributed by atoms with Crippen LogP contribution in [0.3, 0.4) is 0 Å². The summed E-state index contributed by atoms with van der Waals surface area (Å²) in [4.78, 5) is 42.0. The minimum absolute atomic E-state index is 0.203. The summed E-state index contributed by atoms with van der Waals surface area (Å²) in [6.07, 6.45) is -1.74. The first-order valence-corrected chi connectivity index (χ1v) is 15.2. The van der Waals surface area contributed by atoms with Crippen molar-refractivity contribution in [2.24, 2.45) is 11.7 Å². The van der Waals surface area contributed by atoms with Crippen molar-refractivity contribution >= 4 is 23.5 Å². The molecule has 0 aliphatic carbocycles. The van der Waals surface area contributed by atoms with Crippen molar-refractivity contribution in [3.8, 4) is 0 Å². The van der Waals surface area contributed by atoms with Crippen LogP contribution in [0.25, 0.3) is 0 Å². The summed E-state index contributed by atoms with van der Waals surface area (Å²) < 4.78 is 23.8. The van der Waals surface area contributed by atoms with Gasteiger partial charge in [-0.1, -0.05) is 68.8 Å². The summed E-state index contributed by atoms with van der Waals surface area (Å²) in [5.74, 6) is -2.13. The van der Waals surface area contributed by atoms with Crippen molar-refractivity contribution in [2.75, 3.05) is 19.0 Å². The van der Waals surface area contributed by atoms with E-state index < -0.39 is 60.3 Å². The van der Waals surface area contributed by atoms with E-state index in [1.54, 1.807) is 18.7 Å². The van der Waals surface area contributed by atoms with Gasteiger partial charge in [-0.25, -0.2) is 4.79 Å². The van der Waals surface area contributed by atoms with Crippen LogP contribution in [-0.2, 0) is 35.0 Å². The average Bonchev–Trinajstić information content (AvgIpc) is 3.46. The van der Waals surface area contributed by atoms with Crippen LogP contribution in [0.1, 0.15) is 51.7 Å². The molecular weight excluding hydrogens is 564 g/mol. The number of hydrogen-bond donors (Lipinski definition) is 3. The van der Waals surface area contributed by atoms with Crippen LogP contribution in [0.2, 0.25) is 0 Å². The van der Waals surface area contributed by atoms with E-state index >= 15 is 0 Å². The van der Waals surface area contributed by atoms with Crippen LogP contribution in [0.4, 0.5) is 10.5 Å². The van der Waals surface area contributed by atoms with Gasteiger partial charge in [0.15, 0.2) is 12.1 Å². The van der Waals surface area contributed by atoms with Gasteiger partial charge in [0.1, 0.15) is 24.4 Å². The number of aryl methyl sites for hydroxylation is 1. The SMILES string of the molecule is CC[C@@H](C)[C@@H](C(=O)N[C@@H](CC(N)=O)[C@@H]1O[C@H]2OC(C)(C)O[C@H]2[C@@H]1OC)N(CCc1ccccc1)C(=O)Nc1ccccc1C. The Kier molecular flexibility index (Phi) is 11.0. The number of nitrogens with zero attached hydrogens (tertiary/aromatic N) is 1. The second-order valence-electron chi connectivity index (χ2n) is 12.1. The molecule has 7 atom stereocenters. The highest BCUT2D eigenvalue weighted by molar-refractivity contribution is 5.94. The van der Waals surface area contributed by atoms with Crippen molar-refractivity contribution in [3.05, 3.63) is 65.7 Å². The van der Waals surface area contributed by atoms with Gasteiger partial charge in [-0.2, -0.15) is 0 Å². The van der Waals surface area contributed by atoms with E-state index in [1.165, 1.54) is 7.11 Å². The molecule has 11 heteroatoms. The smallest absolute Gasteiger partial charge is 0.322 e. The Hall–Kier alpha value is -3.51. The van der Waals surface area contributed by atoms with Crippen molar-refractivity contribution in [3.63, 3.8) is 0 Å². The minimum Gasteiger partial charge on any atom is -0.376 e. The number of primary amides is 1. The third-order valence-electron chi connectivity index (χ3n) is 8.36. The number of carbonyl (C=O) groups is 3. The van der Waals surface area contributed by atoms with Gasteiger partial charge in [0.05, 0.1) is 6.04 Å². The maximum absolute atomic E-state index is 14.3. The molecule has 2 aliphatic heterocycles. The van der Waals surface area contributed by atoms with Crippen molar-refractivity contribution < 1.29 is 33.3 Å². The highest BCUT2D eigenvalue weighted by atomic mass is 16.8. The zero-order chi connectivity index (χ0) is 32.0. The zero-order valence-electron chi connectivity index (χ0n) is 26.4. The molecule has 0 bridgehead atoms. The Bertz CT molecular complexity index is 1290. The second-order valence-corrected chi connectivity index (χ2v) is 12.1. The molecular formula is C33H46N4O7. The normalized spacial score (nSPS) is 24.1. The van der Waals surface area contributed by atoms with Gasteiger partial charge in [0, 0.05) is 25.8 Å². The van der Waals surface area contributed by atoms with Crippen LogP contribution in [-0.4, -0.2) is 78.9 Å². The first-order chi connectivity index (χ1) is 20.9. The van der Waals surface area contributed by atoms with E-state index in [-0.39, 0.29) is 18.9 Å². The van der Waals surface area contributed by atoms with Crippen LogP contribution >= 0.6 is 0 Å². The summed E-state index contributed by atoms with van der Waals surface area (Å²) in [5.41, 5.74) is 8.24. The van der Waals surface area contributed by atoms with Crippen molar-refractivity contribution in [2.45, 2.75) is 96.4 Å². The lowest BCUT2D eigenvalue weighted by Gasteiger charge is -2.37. The lowest BCUT2D eigenvalue weighted by molar-refractivity contribution is -0.220. The first-order valence-electron chi connectivity index (χ1n) is 15.2. The van der Waals surface area contributed by atoms with Crippen LogP contribution in [0.15, 0.2) is 54.6 Å². The van der Waals surface area contributed by atoms with Gasteiger partial charge in [-0.15, -0.1) is 0 Å². The largest absolute Gasteiger partial charge is 0.376 e. The number of anilines is 1. The predicted octanol–water partition coefficient (Wildman–Crippen LogP) is 3.74. The molecule has 4 N–H and O–H groups in total. The zero-order valence-corrected chi connectivity index (χ0v) is 26.4. The molecule has 240 valence electrons. The number of methoxy groups -OCH3 is 1. The number of nitrogens with two attached hydrogens (primary N) is 1. The lowest BCUT2D eigenvalue weighted by Crippen LogP contribution is -2.59. The number of nitrogens with one attached hydrogen (secondary N) is 2. The summed E-state index contributed by atoms with van der Waals surface area (Å²) in [5, 5.41) is 6.02. The van der Waals surface area contributed by atoms with Crippen LogP contribution in [0.5, 0.6) is 0 Å². The fourth-order valence-electron chi connectivity index (χ4n) is 5.92. The molecule has 0 aromatic heterocycles. The number of para-hydroxylation sites is 1. The van der Waals surface area contributed by atoms with Gasteiger partial charge in [-0.3, -0.25) is 9.59 Å². The number of rotatable bonds is 13. The Morgan fingerprint density at radius 1 is 1.07 bits per heavy atom. The van der Waals surface area contributed by atoms with E-state index in [4.69, 9.17) is 24.7 Å². The van der Waals surface area contributed by atoms with Crippen LogP contribution in [0, 0.1) is 12.8 Å². The van der Waals surface area contributed by atoms with Gasteiger partial charge in [0.2, 0.25) is 11.8 Å². The Balaban J connectivity index is 1.62. The molecule has 2 fully saturated rings. The quantitative estimate of drug-likeness (QED) is 0.314. The average molecular weight is 611 g/mol. The minimum atomic E-state index is -0.870. The monoisotopic (exact) mass is 610 g/mol. The molecule has 2 heterocycles. The lowest BCUT2D eigenvalue weighted by atomic mass is 9.94. The molecule has 44 heavy (non-hydrogen) atoms. The molecule has 2 saturated heterocycles. The maximum Gasteiger partial charge on any atom is 0.322 e. The van der Waals surface area contributed by atoms with Crippen LogP contribution < -0.4 is 16.4 Å². The Labute approximate surface area is 259 Å². The number of amides is 4. The number of ether oxygens (including phenoxy) is 4. The van der Waals surface area contributed by atoms with E-state index in [9.17, 15) is 14.4 Å². The highest BCUT2D eigenvalue weighted by Crippen LogP contribution is 2.40. The summed E-state index contributed by atoms with van der Waals surface area (Å²) in [6.45, 7) is 9.66. The molecule has 4 amide bonds. The third-order valence-corrected chi connectivity index (χ3v) is 8.36. The number of hydrogen-bond acceptors (Lipinski definition) is 7. The summed E-state index contributed by atoms with van der Waals surface area (Å²) in [7, 11) is 1.52. The molecule has 4 rings (SSSR count). The molecule has 2 aliphatic rings. The van der Waals surface area contributed by atoms with Gasteiger partial charge < -0.3 is 40.2 Å². The van der Waals surface area contributed by atoms with Crippen molar-refractivity contribution in [1.29, 1.82) is 0 Å². The molecule has 0 radical (unpaired) electrons. The number of benzene rings is 2. The molecule has 2 aromatic carbocycles. The highest BCUT2D eigenvalue weighted by Gasteiger charge is 2.57. The van der Waals surface area contributed by atoms with Gasteiger partial charge in [0.25, 0.3) is 0 Å². The van der Waals surface area contributed by atoms with E-state index in [0.29, 0.717) is 18.5 Å². The van der Waals surface area contributed by atoms with E-state index in [2.05, 4.69) is 10.6 Å². The second kappa shape index (κ2) is 14.5. The summed E-state index contributed by atoms with van der Waals surface area (Å²) in [6, 6.07) is 15.2. The summed E-state index contributed by atoms with van der Waals surface area (Å²) >= 11 is 0. The van der Waals surface area contributed by atoms with Gasteiger partial charge in [-0.05, 0) is 50.3 Å².